The highest BCUT2D eigenvalue weighted by Crippen LogP contribution is 2.30. The second kappa shape index (κ2) is 9.49. The summed E-state index contributed by atoms with van der Waals surface area (Å²) in [6.07, 6.45) is 1.52. The predicted octanol–water partition coefficient (Wildman–Crippen LogP) is 4.33. The van der Waals surface area contributed by atoms with E-state index in [2.05, 4.69) is 24.1 Å². The summed E-state index contributed by atoms with van der Waals surface area (Å²) in [5.74, 6) is -0.515. The van der Waals surface area contributed by atoms with Crippen LogP contribution in [0.25, 0.3) is 6.08 Å². The van der Waals surface area contributed by atoms with Crippen molar-refractivity contribution in [1.82, 2.24) is 5.32 Å². The molecule has 31 heavy (non-hydrogen) atoms. The number of rotatable bonds is 6. The van der Waals surface area contributed by atoms with Gasteiger partial charge in [-0.15, -0.1) is 0 Å². The van der Waals surface area contributed by atoms with Crippen LogP contribution in [0, 0.1) is 6.92 Å². The number of hydrogen-bond acceptors (Lipinski definition) is 5. The van der Waals surface area contributed by atoms with Gasteiger partial charge in [-0.3, -0.25) is 19.8 Å². The number of ether oxygens (including phenoxy) is 1. The van der Waals surface area contributed by atoms with E-state index < -0.39 is 11.8 Å². The van der Waals surface area contributed by atoms with Gasteiger partial charge in [0.1, 0.15) is 11.3 Å². The van der Waals surface area contributed by atoms with Crippen LogP contribution in [-0.2, 0) is 9.59 Å². The van der Waals surface area contributed by atoms with Gasteiger partial charge in [0.25, 0.3) is 11.8 Å². The first kappa shape index (κ1) is 22.8. The molecule has 0 bridgehead atoms. The van der Waals surface area contributed by atoms with Crippen LogP contribution in [0.5, 0.6) is 5.75 Å². The summed E-state index contributed by atoms with van der Waals surface area (Å²) in [7, 11) is 1.56. The second-order valence-corrected chi connectivity index (χ2v) is 7.78. The minimum Gasteiger partial charge on any atom is -0.496 e. The molecule has 8 heteroatoms. The molecule has 6 nitrogen and oxygen atoms in total. The van der Waals surface area contributed by atoms with Crippen LogP contribution in [0.2, 0.25) is 5.02 Å². The number of nitrogens with zero attached hydrogens (tertiary/aromatic N) is 2. The van der Waals surface area contributed by atoms with Crippen molar-refractivity contribution in [2.75, 3.05) is 30.0 Å². The lowest BCUT2D eigenvalue weighted by molar-refractivity contribution is -0.122. The van der Waals surface area contributed by atoms with E-state index in [9.17, 15) is 9.59 Å². The molecule has 1 fully saturated rings. The summed E-state index contributed by atoms with van der Waals surface area (Å²) in [6, 6.07) is 10.8. The maximum atomic E-state index is 13.2. The van der Waals surface area contributed by atoms with Crippen molar-refractivity contribution in [2.24, 2.45) is 0 Å². The van der Waals surface area contributed by atoms with Gasteiger partial charge >= 0.3 is 0 Å². The molecule has 0 spiro atoms. The number of carbonyl (C=O) groups excluding carboxylic acids is 2. The highest BCUT2D eigenvalue weighted by atomic mass is 35.5. The number of benzene rings is 2. The number of thiocarbonyl (C=S) groups is 1. The largest absolute Gasteiger partial charge is 0.496 e. The Morgan fingerprint density at radius 1 is 1.16 bits per heavy atom. The lowest BCUT2D eigenvalue weighted by Crippen LogP contribution is -2.54. The molecule has 3 rings (SSSR count). The zero-order valence-electron chi connectivity index (χ0n) is 17.9. The van der Waals surface area contributed by atoms with Crippen molar-refractivity contribution in [3.63, 3.8) is 0 Å². The molecule has 1 aliphatic rings. The topological polar surface area (TPSA) is 61.9 Å². The first-order valence-electron chi connectivity index (χ1n) is 9.91. The van der Waals surface area contributed by atoms with E-state index in [-0.39, 0.29) is 10.7 Å². The summed E-state index contributed by atoms with van der Waals surface area (Å²) in [4.78, 5) is 29.3. The smallest absolute Gasteiger partial charge is 0.270 e. The molecular weight excluding hydrogens is 434 g/mol. The Morgan fingerprint density at radius 3 is 2.48 bits per heavy atom. The fourth-order valence-corrected chi connectivity index (χ4v) is 3.83. The summed E-state index contributed by atoms with van der Waals surface area (Å²) in [6.45, 7) is 7.72. The van der Waals surface area contributed by atoms with Gasteiger partial charge in [-0.25, -0.2) is 0 Å². The molecule has 162 valence electrons. The van der Waals surface area contributed by atoms with Gasteiger partial charge in [-0.05, 0) is 68.9 Å². The molecule has 1 saturated heterocycles. The Bertz CT molecular complexity index is 1080. The quantitative estimate of drug-likeness (QED) is 0.397. The zero-order valence-corrected chi connectivity index (χ0v) is 19.4. The fourth-order valence-electron chi connectivity index (χ4n) is 3.37. The monoisotopic (exact) mass is 457 g/mol. The molecule has 0 radical (unpaired) electrons. The Hall–Kier alpha value is -2.90. The molecule has 1 aliphatic heterocycles. The molecule has 2 amide bonds. The van der Waals surface area contributed by atoms with Crippen molar-refractivity contribution in [3.8, 4) is 5.75 Å². The van der Waals surface area contributed by atoms with E-state index in [4.69, 9.17) is 28.6 Å². The number of anilines is 2. The van der Waals surface area contributed by atoms with E-state index in [1.54, 1.807) is 25.3 Å². The number of carbonyl (C=O) groups is 2. The summed E-state index contributed by atoms with van der Waals surface area (Å²) < 4.78 is 5.53. The van der Waals surface area contributed by atoms with E-state index in [0.717, 1.165) is 24.3 Å². The maximum Gasteiger partial charge on any atom is 0.270 e. The van der Waals surface area contributed by atoms with Crippen LogP contribution in [0.1, 0.15) is 25.0 Å². The lowest BCUT2D eigenvalue weighted by atomic mass is 10.0. The molecule has 0 atom stereocenters. The third kappa shape index (κ3) is 4.57. The third-order valence-electron chi connectivity index (χ3n) is 5.16. The molecule has 2 aromatic carbocycles. The van der Waals surface area contributed by atoms with Gasteiger partial charge < -0.3 is 9.64 Å². The van der Waals surface area contributed by atoms with Gasteiger partial charge in [0.05, 0.1) is 12.8 Å². The van der Waals surface area contributed by atoms with Crippen LogP contribution in [-0.4, -0.2) is 37.1 Å². The van der Waals surface area contributed by atoms with E-state index >= 15 is 0 Å². The highest BCUT2D eigenvalue weighted by molar-refractivity contribution is 7.80. The molecule has 0 aliphatic carbocycles. The second-order valence-electron chi connectivity index (χ2n) is 6.99. The molecule has 1 heterocycles. The van der Waals surface area contributed by atoms with Crippen molar-refractivity contribution in [1.29, 1.82) is 0 Å². The number of nitrogens with one attached hydrogen (secondary N) is 1. The summed E-state index contributed by atoms with van der Waals surface area (Å²) >= 11 is 11.5. The number of hydrogen-bond donors (Lipinski definition) is 1. The summed E-state index contributed by atoms with van der Waals surface area (Å²) in [5, 5.41) is 3.10. The number of methoxy groups -OCH3 is 1. The van der Waals surface area contributed by atoms with Crippen molar-refractivity contribution in [3.05, 3.63) is 58.1 Å². The Labute approximate surface area is 192 Å². The Balaban J connectivity index is 2.02. The molecule has 0 aromatic heterocycles. The van der Waals surface area contributed by atoms with E-state index in [0.29, 0.717) is 22.0 Å². The average molecular weight is 458 g/mol. The standard InChI is InChI=1S/C23H24ClN3O3S/c1-5-26(6-2)16-10-8-15(20(13-16)30-4)11-18-21(28)25-23(31)27(22(18)29)17-9-7-14(3)19(24)12-17/h7-13H,5-6H2,1-4H3,(H,25,28,31)/b18-11+. The van der Waals surface area contributed by atoms with E-state index in [1.807, 2.05) is 25.1 Å². The van der Waals surface area contributed by atoms with Crippen LogP contribution < -0.4 is 19.9 Å². The van der Waals surface area contributed by atoms with Crippen LogP contribution in [0.4, 0.5) is 11.4 Å². The number of aryl methyl sites for hydroxylation is 1. The summed E-state index contributed by atoms with van der Waals surface area (Å²) in [5.41, 5.74) is 2.94. The Morgan fingerprint density at radius 2 is 1.87 bits per heavy atom. The molecule has 1 N–H and O–H groups in total. The Kier molecular flexibility index (Phi) is 6.97. The minimum absolute atomic E-state index is 0.0101. The molecular formula is C23H24ClN3O3S. The minimum atomic E-state index is -0.556. The first-order chi connectivity index (χ1) is 14.8. The predicted molar refractivity (Wildman–Crippen MR) is 129 cm³/mol. The van der Waals surface area contributed by atoms with Crippen molar-refractivity contribution < 1.29 is 14.3 Å². The normalized spacial score (nSPS) is 15.3. The molecule has 2 aromatic rings. The van der Waals surface area contributed by atoms with Crippen LogP contribution >= 0.6 is 23.8 Å². The number of amides is 2. The van der Waals surface area contributed by atoms with E-state index in [1.165, 1.54) is 11.0 Å². The molecule has 0 saturated carbocycles. The van der Waals surface area contributed by atoms with Gasteiger partial charge in [0.2, 0.25) is 0 Å². The maximum absolute atomic E-state index is 13.2. The van der Waals surface area contributed by atoms with Gasteiger partial charge in [-0.2, -0.15) is 0 Å². The van der Waals surface area contributed by atoms with Crippen molar-refractivity contribution in [2.45, 2.75) is 20.8 Å². The fraction of sp³-hybridized carbons (Fsp3) is 0.261. The lowest BCUT2D eigenvalue weighted by Gasteiger charge is -2.29. The third-order valence-corrected chi connectivity index (χ3v) is 5.85. The van der Waals surface area contributed by atoms with Crippen LogP contribution in [0.3, 0.4) is 0 Å². The van der Waals surface area contributed by atoms with Gasteiger partial charge in [0.15, 0.2) is 5.11 Å². The average Bonchev–Trinajstić information content (AvgIpc) is 2.74. The SMILES string of the molecule is CCN(CC)c1ccc(/C=C2\C(=O)NC(=S)N(c3ccc(C)c(Cl)c3)C2=O)c(OC)c1. The van der Waals surface area contributed by atoms with Gasteiger partial charge in [0, 0.05) is 35.4 Å². The van der Waals surface area contributed by atoms with Gasteiger partial charge in [-0.1, -0.05) is 17.7 Å². The molecule has 0 unspecified atom stereocenters. The zero-order chi connectivity index (χ0) is 22.7. The highest BCUT2D eigenvalue weighted by Gasteiger charge is 2.34. The first-order valence-corrected chi connectivity index (χ1v) is 10.7. The van der Waals surface area contributed by atoms with Crippen LogP contribution in [0.15, 0.2) is 42.0 Å². The number of halogens is 1. The van der Waals surface area contributed by atoms with Crippen molar-refractivity contribution >= 4 is 58.2 Å².